The van der Waals surface area contributed by atoms with Gasteiger partial charge in [-0.3, -0.25) is 4.79 Å². The highest BCUT2D eigenvalue weighted by molar-refractivity contribution is 6.04. The maximum absolute atomic E-state index is 12.5. The smallest absolute Gasteiger partial charge is 0.255 e. The van der Waals surface area contributed by atoms with E-state index in [2.05, 4.69) is 19.2 Å². The molecule has 164 valence electrons. The Morgan fingerprint density at radius 1 is 0.667 bits per heavy atom. The molecule has 0 unspecified atom stereocenters. The molecule has 0 saturated heterocycles. The van der Waals surface area contributed by atoms with Crippen LogP contribution in [-0.2, 0) is 0 Å². The topological polar surface area (TPSA) is 47.6 Å². The van der Waals surface area contributed by atoms with Crippen LogP contribution < -0.4 is 14.8 Å². The lowest BCUT2D eigenvalue weighted by molar-refractivity contribution is 0.102. The second-order valence-corrected chi connectivity index (χ2v) is 7.67. The highest BCUT2D eigenvalue weighted by Gasteiger charge is 2.07. The number of anilines is 1. The summed E-state index contributed by atoms with van der Waals surface area (Å²) in [4.78, 5) is 12.5. The first-order valence-corrected chi connectivity index (χ1v) is 11.5. The maximum atomic E-state index is 12.5. The third-order valence-electron chi connectivity index (χ3n) is 5.01. The number of benzene rings is 2. The number of hydrogen-bond donors (Lipinski definition) is 1. The summed E-state index contributed by atoms with van der Waals surface area (Å²) >= 11 is 0. The molecule has 0 aliphatic rings. The molecule has 0 radical (unpaired) electrons. The summed E-state index contributed by atoms with van der Waals surface area (Å²) in [5.74, 6) is 1.51. The number of ether oxygens (including phenoxy) is 2. The Morgan fingerprint density at radius 2 is 1.13 bits per heavy atom. The molecule has 2 rings (SSSR count). The zero-order valence-corrected chi connectivity index (χ0v) is 18.6. The molecule has 30 heavy (non-hydrogen) atoms. The summed E-state index contributed by atoms with van der Waals surface area (Å²) in [5, 5.41) is 2.93. The average molecular weight is 412 g/mol. The zero-order chi connectivity index (χ0) is 21.4. The molecule has 0 atom stereocenters. The van der Waals surface area contributed by atoms with Crippen LogP contribution in [0, 0.1) is 0 Å². The van der Waals surface area contributed by atoms with Crippen molar-refractivity contribution < 1.29 is 14.3 Å². The lowest BCUT2D eigenvalue weighted by Crippen LogP contribution is -2.11. The van der Waals surface area contributed by atoms with Crippen molar-refractivity contribution in [3.8, 4) is 11.5 Å². The number of amides is 1. The normalized spacial score (nSPS) is 10.6. The van der Waals surface area contributed by atoms with Crippen molar-refractivity contribution in [1.82, 2.24) is 0 Å². The molecule has 0 heterocycles. The number of nitrogens with one attached hydrogen (secondary N) is 1. The van der Waals surface area contributed by atoms with Gasteiger partial charge in [0.05, 0.1) is 13.2 Å². The van der Waals surface area contributed by atoms with Gasteiger partial charge in [0.25, 0.3) is 5.91 Å². The Hall–Kier alpha value is -2.49. The van der Waals surface area contributed by atoms with E-state index in [4.69, 9.17) is 9.47 Å². The van der Waals surface area contributed by atoms with Gasteiger partial charge in [-0.05, 0) is 61.4 Å². The third-order valence-corrected chi connectivity index (χ3v) is 5.01. The Morgan fingerprint density at radius 3 is 1.67 bits per heavy atom. The minimum absolute atomic E-state index is 0.130. The van der Waals surface area contributed by atoms with Crippen molar-refractivity contribution in [1.29, 1.82) is 0 Å². The molecule has 0 saturated carbocycles. The van der Waals surface area contributed by atoms with E-state index in [-0.39, 0.29) is 5.91 Å². The van der Waals surface area contributed by atoms with Crippen LogP contribution in [0.15, 0.2) is 48.5 Å². The minimum Gasteiger partial charge on any atom is -0.494 e. The number of hydrogen-bond acceptors (Lipinski definition) is 3. The quantitative estimate of drug-likeness (QED) is 0.314. The Balaban J connectivity index is 1.72. The predicted molar refractivity (Wildman–Crippen MR) is 125 cm³/mol. The SMILES string of the molecule is CCCCCCCOc1ccc(NC(=O)c2ccc(OCCCCCC)cc2)cc1. The van der Waals surface area contributed by atoms with Crippen LogP contribution in [0.2, 0.25) is 0 Å². The number of rotatable bonds is 15. The third kappa shape index (κ3) is 9.34. The van der Waals surface area contributed by atoms with Gasteiger partial charge in [-0.1, -0.05) is 58.8 Å². The molecular formula is C26H37NO3. The van der Waals surface area contributed by atoms with Gasteiger partial charge in [0.2, 0.25) is 0 Å². The van der Waals surface area contributed by atoms with E-state index in [0.29, 0.717) is 5.56 Å². The first kappa shape index (κ1) is 23.8. The van der Waals surface area contributed by atoms with Crippen LogP contribution >= 0.6 is 0 Å². The van der Waals surface area contributed by atoms with Crippen LogP contribution in [0.5, 0.6) is 11.5 Å². The van der Waals surface area contributed by atoms with Gasteiger partial charge >= 0.3 is 0 Å². The van der Waals surface area contributed by atoms with Gasteiger partial charge in [0.1, 0.15) is 11.5 Å². The Labute approximate surface area is 182 Å². The van der Waals surface area contributed by atoms with E-state index >= 15 is 0 Å². The van der Waals surface area contributed by atoms with Gasteiger partial charge in [0, 0.05) is 11.3 Å². The fraction of sp³-hybridized carbons (Fsp3) is 0.500. The summed E-state index contributed by atoms with van der Waals surface area (Å²) in [6, 6.07) is 14.8. The summed E-state index contributed by atoms with van der Waals surface area (Å²) in [7, 11) is 0. The molecule has 4 nitrogen and oxygen atoms in total. The fourth-order valence-corrected chi connectivity index (χ4v) is 3.15. The van der Waals surface area contributed by atoms with Gasteiger partial charge < -0.3 is 14.8 Å². The molecule has 1 amide bonds. The molecule has 0 aliphatic heterocycles. The van der Waals surface area contributed by atoms with Crippen LogP contribution in [-0.4, -0.2) is 19.1 Å². The van der Waals surface area contributed by atoms with E-state index in [1.807, 2.05) is 36.4 Å². The zero-order valence-electron chi connectivity index (χ0n) is 18.6. The van der Waals surface area contributed by atoms with Crippen LogP contribution in [0.25, 0.3) is 0 Å². The van der Waals surface area contributed by atoms with Gasteiger partial charge in [-0.25, -0.2) is 0 Å². The van der Waals surface area contributed by atoms with E-state index in [0.717, 1.165) is 43.2 Å². The summed E-state index contributed by atoms with van der Waals surface area (Å²) in [5.41, 5.74) is 1.37. The Bertz CT molecular complexity index is 710. The molecule has 2 aromatic carbocycles. The van der Waals surface area contributed by atoms with Crippen molar-refractivity contribution in [3.05, 3.63) is 54.1 Å². The van der Waals surface area contributed by atoms with Gasteiger partial charge in [-0.15, -0.1) is 0 Å². The van der Waals surface area contributed by atoms with Crippen LogP contribution in [0.1, 0.15) is 82.0 Å². The molecule has 4 heteroatoms. The molecule has 1 N–H and O–H groups in total. The monoisotopic (exact) mass is 411 g/mol. The van der Waals surface area contributed by atoms with E-state index in [1.54, 1.807) is 12.1 Å². The molecule has 0 aromatic heterocycles. The molecule has 0 bridgehead atoms. The second kappa shape index (κ2) is 14.5. The minimum atomic E-state index is -0.130. The van der Waals surface area contributed by atoms with Gasteiger partial charge in [0.15, 0.2) is 0 Å². The number of carbonyl (C=O) groups excluding carboxylic acids is 1. The average Bonchev–Trinajstić information content (AvgIpc) is 2.77. The summed E-state index contributed by atoms with van der Waals surface area (Å²) in [6.45, 7) is 5.88. The van der Waals surface area contributed by atoms with Crippen molar-refractivity contribution in [2.45, 2.75) is 71.6 Å². The lowest BCUT2D eigenvalue weighted by Gasteiger charge is -2.09. The summed E-state index contributed by atoms with van der Waals surface area (Å²) in [6.07, 6.45) is 10.8. The highest BCUT2D eigenvalue weighted by atomic mass is 16.5. The van der Waals surface area contributed by atoms with Crippen molar-refractivity contribution in [2.24, 2.45) is 0 Å². The summed E-state index contributed by atoms with van der Waals surface area (Å²) < 4.78 is 11.5. The first-order valence-electron chi connectivity index (χ1n) is 11.5. The van der Waals surface area contributed by atoms with Crippen LogP contribution in [0.4, 0.5) is 5.69 Å². The van der Waals surface area contributed by atoms with E-state index in [1.165, 1.54) is 44.9 Å². The van der Waals surface area contributed by atoms with E-state index in [9.17, 15) is 4.79 Å². The number of carbonyl (C=O) groups is 1. The van der Waals surface area contributed by atoms with Crippen molar-refractivity contribution in [3.63, 3.8) is 0 Å². The Kier molecular flexibility index (Phi) is 11.5. The van der Waals surface area contributed by atoms with Crippen LogP contribution in [0.3, 0.4) is 0 Å². The number of unbranched alkanes of at least 4 members (excludes halogenated alkanes) is 7. The molecule has 2 aromatic rings. The maximum Gasteiger partial charge on any atom is 0.255 e. The predicted octanol–water partition coefficient (Wildman–Crippen LogP) is 7.25. The van der Waals surface area contributed by atoms with Gasteiger partial charge in [-0.2, -0.15) is 0 Å². The molecular weight excluding hydrogens is 374 g/mol. The van der Waals surface area contributed by atoms with Crippen molar-refractivity contribution in [2.75, 3.05) is 18.5 Å². The molecule has 0 spiro atoms. The molecule has 0 fully saturated rings. The lowest BCUT2D eigenvalue weighted by atomic mass is 10.2. The fourth-order valence-electron chi connectivity index (χ4n) is 3.15. The molecule has 0 aliphatic carbocycles. The standard InChI is InChI=1S/C26H37NO3/c1-3-5-7-9-11-21-30-25-18-14-23(15-19-25)27-26(28)22-12-16-24(17-13-22)29-20-10-8-6-4-2/h12-19H,3-11,20-21H2,1-2H3,(H,27,28). The highest BCUT2D eigenvalue weighted by Crippen LogP contribution is 2.18. The first-order chi connectivity index (χ1) is 14.7. The second-order valence-electron chi connectivity index (χ2n) is 7.67. The largest absolute Gasteiger partial charge is 0.494 e. The van der Waals surface area contributed by atoms with E-state index < -0.39 is 0 Å². The van der Waals surface area contributed by atoms with Crippen molar-refractivity contribution >= 4 is 11.6 Å².